The molecule has 1 heterocycles. The number of methoxy groups -OCH3 is 1. The number of nitrogens with zero attached hydrogens (tertiary/aromatic N) is 2. The van der Waals surface area contributed by atoms with Crippen LogP contribution in [0, 0.1) is 0 Å². The maximum Gasteiger partial charge on any atom is 0.264 e. The largest absolute Gasteiger partial charge is 0.497 e. The normalized spacial score (nSPS) is 11.1. The maximum absolute atomic E-state index is 13.3. The van der Waals surface area contributed by atoms with Gasteiger partial charge in [0.2, 0.25) is 5.91 Å². The molecule has 0 atom stereocenters. The topological polar surface area (TPSA) is 88.6 Å². The third-order valence-corrected chi connectivity index (χ3v) is 6.71. The summed E-state index contributed by atoms with van der Waals surface area (Å²) in [6, 6.07) is 12.6. The predicted molar refractivity (Wildman–Crippen MR) is 114 cm³/mol. The molecule has 2 aromatic carbocycles. The summed E-state index contributed by atoms with van der Waals surface area (Å²) in [6.45, 7) is -0.0572. The van der Waals surface area contributed by atoms with Gasteiger partial charge < -0.3 is 10.1 Å². The fraction of sp³-hybridized carbons (Fsp3) is 0.158. The van der Waals surface area contributed by atoms with Gasteiger partial charge in [-0.3, -0.25) is 9.10 Å². The van der Waals surface area contributed by atoms with Crippen molar-refractivity contribution >= 4 is 49.7 Å². The molecule has 1 amide bonds. The zero-order valence-electron chi connectivity index (χ0n) is 15.4. The Hall–Kier alpha value is -2.62. The highest BCUT2D eigenvalue weighted by Gasteiger charge is 2.26. The molecule has 0 fully saturated rings. The fourth-order valence-electron chi connectivity index (χ4n) is 2.56. The van der Waals surface area contributed by atoms with Crippen LogP contribution >= 0.6 is 22.9 Å². The van der Waals surface area contributed by atoms with Gasteiger partial charge in [0, 0.05) is 29.6 Å². The Morgan fingerprint density at radius 1 is 1.24 bits per heavy atom. The lowest BCUT2D eigenvalue weighted by atomic mass is 10.3. The van der Waals surface area contributed by atoms with Crippen LogP contribution in [0.3, 0.4) is 0 Å². The van der Waals surface area contributed by atoms with Crippen molar-refractivity contribution in [2.45, 2.75) is 11.3 Å². The van der Waals surface area contributed by atoms with E-state index in [0.717, 1.165) is 0 Å². The number of aromatic nitrogens is 1. The number of ether oxygens (including phenoxy) is 1. The van der Waals surface area contributed by atoms with Gasteiger partial charge in [0.05, 0.1) is 17.7 Å². The lowest BCUT2D eigenvalue weighted by Crippen LogP contribution is -2.34. The molecular weight excluding hydrogens is 434 g/mol. The lowest BCUT2D eigenvalue weighted by molar-refractivity contribution is -0.116. The minimum Gasteiger partial charge on any atom is -0.497 e. The molecule has 29 heavy (non-hydrogen) atoms. The van der Waals surface area contributed by atoms with E-state index in [4.69, 9.17) is 16.3 Å². The number of thiazole rings is 1. The Bertz CT molecular complexity index is 1070. The van der Waals surface area contributed by atoms with Gasteiger partial charge in [-0.05, 0) is 42.5 Å². The highest BCUT2D eigenvalue weighted by Crippen LogP contribution is 2.27. The summed E-state index contributed by atoms with van der Waals surface area (Å²) in [6.07, 6.45) is 1.53. The van der Waals surface area contributed by atoms with Crippen molar-refractivity contribution in [2.24, 2.45) is 0 Å². The van der Waals surface area contributed by atoms with Crippen molar-refractivity contribution in [3.8, 4) is 5.75 Å². The summed E-state index contributed by atoms with van der Waals surface area (Å²) in [5.41, 5.74) is 0.410. The van der Waals surface area contributed by atoms with Gasteiger partial charge in [-0.1, -0.05) is 17.7 Å². The number of hydrogen-bond donors (Lipinski definition) is 1. The van der Waals surface area contributed by atoms with Crippen LogP contribution in [0.25, 0.3) is 0 Å². The van der Waals surface area contributed by atoms with E-state index in [2.05, 4.69) is 10.3 Å². The molecular formula is C19H18ClN3O4S2. The predicted octanol–water partition coefficient (Wildman–Crippen LogP) is 4.03. The molecule has 0 radical (unpaired) electrons. The Balaban J connectivity index is 1.87. The van der Waals surface area contributed by atoms with Crippen LogP contribution in [0.2, 0.25) is 5.02 Å². The zero-order valence-corrected chi connectivity index (χ0v) is 17.8. The maximum atomic E-state index is 13.3. The minimum atomic E-state index is -3.94. The van der Waals surface area contributed by atoms with E-state index in [9.17, 15) is 13.2 Å². The van der Waals surface area contributed by atoms with Gasteiger partial charge in [-0.2, -0.15) is 0 Å². The molecule has 1 aromatic heterocycles. The summed E-state index contributed by atoms with van der Waals surface area (Å²) in [5.74, 6) is 0.259. The van der Waals surface area contributed by atoms with Crippen LogP contribution in [0.4, 0.5) is 10.8 Å². The number of halogens is 1. The van der Waals surface area contributed by atoms with Crippen LogP contribution in [-0.2, 0) is 14.8 Å². The van der Waals surface area contributed by atoms with E-state index in [1.165, 1.54) is 34.9 Å². The van der Waals surface area contributed by atoms with Gasteiger partial charge >= 0.3 is 0 Å². The average Bonchev–Trinajstić information content (AvgIpc) is 3.21. The van der Waals surface area contributed by atoms with E-state index in [-0.39, 0.29) is 23.8 Å². The first-order chi connectivity index (χ1) is 13.9. The van der Waals surface area contributed by atoms with E-state index in [0.29, 0.717) is 21.6 Å². The highest BCUT2D eigenvalue weighted by atomic mass is 35.5. The monoisotopic (exact) mass is 451 g/mol. The first-order valence-electron chi connectivity index (χ1n) is 8.52. The van der Waals surface area contributed by atoms with Gasteiger partial charge in [-0.25, -0.2) is 13.4 Å². The van der Waals surface area contributed by atoms with Crippen LogP contribution in [0.5, 0.6) is 5.75 Å². The van der Waals surface area contributed by atoms with Crippen molar-refractivity contribution < 1.29 is 17.9 Å². The second kappa shape index (κ2) is 9.25. The molecule has 0 bridgehead atoms. The Morgan fingerprint density at radius 3 is 2.62 bits per heavy atom. The molecule has 3 rings (SSSR count). The van der Waals surface area contributed by atoms with E-state index in [1.807, 2.05) is 0 Å². The number of carbonyl (C=O) groups excluding carboxylic acids is 1. The quantitative estimate of drug-likeness (QED) is 0.558. The Morgan fingerprint density at radius 2 is 2.00 bits per heavy atom. The molecule has 0 saturated carbocycles. The molecule has 0 saturated heterocycles. The third-order valence-electron chi connectivity index (χ3n) is 3.97. The average molecular weight is 452 g/mol. The van der Waals surface area contributed by atoms with E-state index in [1.54, 1.807) is 48.0 Å². The van der Waals surface area contributed by atoms with Crippen molar-refractivity contribution in [3.63, 3.8) is 0 Å². The van der Waals surface area contributed by atoms with Gasteiger partial charge in [0.15, 0.2) is 5.13 Å². The van der Waals surface area contributed by atoms with Gasteiger partial charge in [0.25, 0.3) is 10.0 Å². The van der Waals surface area contributed by atoms with Crippen molar-refractivity contribution in [1.82, 2.24) is 4.98 Å². The molecule has 0 unspecified atom stereocenters. The van der Waals surface area contributed by atoms with Crippen LogP contribution in [-0.4, -0.2) is 33.0 Å². The smallest absolute Gasteiger partial charge is 0.264 e. The fourth-order valence-corrected chi connectivity index (χ4v) is 4.87. The summed E-state index contributed by atoms with van der Waals surface area (Å²) < 4.78 is 32.8. The number of hydrogen-bond acceptors (Lipinski definition) is 6. The van der Waals surface area contributed by atoms with Crippen molar-refractivity contribution in [1.29, 1.82) is 0 Å². The van der Waals surface area contributed by atoms with Crippen molar-refractivity contribution in [2.75, 3.05) is 23.3 Å². The molecule has 152 valence electrons. The highest BCUT2D eigenvalue weighted by molar-refractivity contribution is 7.92. The number of anilines is 2. The second-order valence-electron chi connectivity index (χ2n) is 5.87. The molecule has 0 aliphatic carbocycles. The zero-order chi connectivity index (χ0) is 20.9. The Kier molecular flexibility index (Phi) is 6.73. The summed E-state index contributed by atoms with van der Waals surface area (Å²) in [4.78, 5) is 16.3. The summed E-state index contributed by atoms with van der Waals surface area (Å²) in [5, 5.41) is 5.16. The standard InChI is InChI=1S/C19H18ClN3O4S2/c1-27-16-7-5-15(6-8-16)23(11-9-18(24)22-19-21-10-12-28-19)29(25,26)17-4-2-3-14(20)13-17/h2-8,10,12-13H,9,11H2,1H3,(H,21,22,24). The number of benzene rings is 2. The molecule has 10 heteroatoms. The van der Waals surface area contributed by atoms with Gasteiger partial charge in [0.1, 0.15) is 5.75 Å². The van der Waals surface area contributed by atoms with Crippen LogP contribution in [0.15, 0.2) is 65.0 Å². The number of rotatable bonds is 8. The summed E-state index contributed by atoms with van der Waals surface area (Å²) in [7, 11) is -2.41. The lowest BCUT2D eigenvalue weighted by Gasteiger charge is -2.24. The van der Waals surface area contributed by atoms with E-state index < -0.39 is 10.0 Å². The first-order valence-corrected chi connectivity index (χ1v) is 11.2. The minimum absolute atomic E-state index is 0.0427. The van der Waals surface area contributed by atoms with Crippen molar-refractivity contribution in [3.05, 3.63) is 65.1 Å². The molecule has 0 aliphatic heterocycles. The number of amides is 1. The molecule has 0 spiro atoms. The second-order valence-corrected chi connectivity index (χ2v) is 9.06. The first kappa shape index (κ1) is 21.1. The molecule has 1 N–H and O–H groups in total. The SMILES string of the molecule is COc1ccc(N(CCC(=O)Nc2nccs2)S(=O)(=O)c2cccc(Cl)c2)cc1. The number of carbonyl (C=O) groups is 1. The third kappa shape index (κ3) is 5.26. The molecule has 0 aliphatic rings. The number of nitrogens with one attached hydrogen (secondary N) is 1. The number of sulfonamides is 1. The summed E-state index contributed by atoms with van der Waals surface area (Å²) >= 11 is 7.27. The Labute approximate surface area is 178 Å². The van der Waals surface area contributed by atoms with Gasteiger partial charge in [-0.15, -0.1) is 11.3 Å². The van der Waals surface area contributed by atoms with E-state index >= 15 is 0 Å². The van der Waals surface area contributed by atoms with Crippen LogP contribution < -0.4 is 14.4 Å². The molecule has 3 aromatic rings. The van der Waals surface area contributed by atoms with Crippen LogP contribution in [0.1, 0.15) is 6.42 Å². The molecule has 7 nitrogen and oxygen atoms in total.